The largest absolute Gasteiger partial charge is 0.378 e. The molecule has 1 unspecified atom stereocenters. The van der Waals surface area contributed by atoms with E-state index < -0.39 is 0 Å². The van der Waals surface area contributed by atoms with E-state index in [0.717, 1.165) is 49.2 Å². The quantitative estimate of drug-likeness (QED) is 0.331. The van der Waals surface area contributed by atoms with Crippen molar-refractivity contribution in [2.45, 2.75) is 53.6 Å². The van der Waals surface area contributed by atoms with E-state index in [1.165, 1.54) is 4.88 Å². The zero-order valence-corrected chi connectivity index (χ0v) is 19.0. The fourth-order valence-electron chi connectivity index (χ4n) is 2.48. The Balaban J connectivity index is 0.00000529. The molecule has 7 heteroatoms. The van der Waals surface area contributed by atoms with Crippen LogP contribution in [0, 0.1) is 19.8 Å². The second-order valence-corrected chi connectivity index (χ2v) is 7.23. The number of hydrogen-bond acceptors (Lipinski definition) is 4. The van der Waals surface area contributed by atoms with Crippen LogP contribution in [0.15, 0.2) is 4.99 Å². The van der Waals surface area contributed by atoms with Gasteiger partial charge in [-0.1, -0.05) is 13.8 Å². The molecule has 2 N–H and O–H groups in total. The minimum absolute atomic E-state index is 0. The summed E-state index contributed by atoms with van der Waals surface area (Å²) in [7, 11) is 1.81. The smallest absolute Gasteiger partial charge is 0.190 e. The van der Waals surface area contributed by atoms with Crippen molar-refractivity contribution in [2.24, 2.45) is 10.9 Å². The monoisotopic (exact) mass is 468 g/mol. The number of aryl methyl sites for hydroxylation is 2. The number of ether oxygens (including phenoxy) is 1. The van der Waals surface area contributed by atoms with Crippen LogP contribution in [0.5, 0.6) is 0 Å². The van der Waals surface area contributed by atoms with Gasteiger partial charge < -0.3 is 15.4 Å². The third kappa shape index (κ3) is 8.62. The first-order valence-corrected chi connectivity index (χ1v) is 9.28. The van der Waals surface area contributed by atoms with Gasteiger partial charge in [0.1, 0.15) is 0 Å². The van der Waals surface area contributed by atoms with Gasteiger partial charge in [0, 0.05) is 38.0 Å². The lowest BCUT2D eigenvalue weighted by atomic mass is 10.0. The lowest BCUT2D eigenvalue weighted by Crippen LogP contribution is -2.40. The van der Waals surface area contributed by atoms with Gasteiger partial charge in [0.05, 0.1) is 16.8 Å². The maximum absolute atomic E-state index is 5.77. The first-order valence-electron chi connectivity index (χ1n) is 8.46. The number of guanidine groups is 1. The van der Waals surface area contributed by atoms with E-state index in [-0.39, 0.29) is 24.0 Å². The van der Waals surface area contributed by atoms with Crippen molar-refractivity contribution in [2.75, 3.05) is 26.7 Å². The van der Waals surface area contributed by atoms with E-state index in [0.29, 0.717) is 12.0 Å². The molecule has 1 rings (SSSR count). The van der Waals surface area contributed by atoms with Gasteiger partial charge in [0.15, 0.2) is 5.96 Å². The summed E-state index contributed by atoms with van der Waals surface area (Å²) >= 11 is 1.78. The molecule has 0 aliphatic heterocycles. The molecule has 0 amide bonds. The second-order valence-electron chi connectivity index (χ2n) is 5.94. The molecule has 0 aromatic carbocycles. The number of thiazole rings is 1. The molecule has 1 aromatic heterocycles. The number of aliphatic imine (C=N–C) groups is 1. The normalized spacial score (nSPS) is 12.9. The van der Waals surface area contributed by atoms with Crippen LogP contribution in [0.3, 0.4) is 0 Å². The number of aromatic nitrogens is 1. The average molecular weight is 468 g/mol. The molecule has 1 atom stereocenters. The summed E-state index contributed by atoms with van der Waals surface area (Å²) in [5.41, 5.74) is 1.15. The average Bonchev–Trinajstić information content (AvgIpc) is 2.82. The van der Waals surface area contributed by atoms with Crippen LogP contribution in [-0.2, 0) is 11.2 Å². The van der Waals surface area contributed by atoms with Crippen molar-refractivity contribution in [1.29, 1.82) is 0 Å². The number of rotatable bonds is 9. The van der Waals surface area contributed by atoms with Crippen LogP contribution in [0.4, 0.5) is 0 Å². The summed E-state index contributed by atoms with van der Waals surface area (Å²) in [6.07, 6.45) is 2.26. The first-order chi connectivity index (χ1) is 11.0. The molecule has 5 nitrogen and oxygen atoms in total. The van der Waals surface area contributed by atoms with Gasteiger partial charge in [-0.25, -0.2) is 4.98 Å². The highest BCUT2D eigenvalue weighted by Crippen LogP contribution is 2.17. The van der Waals surface area contributed by atoms with Gasteiger partial charge in [-0.15, -0.1) is 35.3 Å². The van der Waals surface area contributed by atoms with E-state index in [9.17, 15) is 0 Å². The lowest BCUT2D eigenvalue weighted by Gasteiger charge is -2.21. The van der Waals surface area contributed by atoms with Crippen molar-refractivity contribution in [3.63, 3.8) is 0 Å². The Morgan fingerprint density at radius 1 is 1.25 bits per heavy atom. The predicted molar refractivity (Wildman–Crippen MR) is 115 cm³/mol. The molecule has 0 radical (unpaired) electrons. The van der Waals surface area contributed by atoms with Gasteiger partial charge in [-0.2, -0.15) is 0 Å². The molecular weight excluding hydrogens is 435 g/mol. The molecule has 24 heavy (non-hydrogen) atoms. The highest BCUT2D eigenvalue weighted by Gasteiger charge is 2.13. The number of hydrogen-bond donors (Lipinski definition) is 2. The Hall–Kier alpha value is -0.410. The molecule has 0 aliphatic carbocycles. The predicted octanol–water partition coefficient (Wildman–Crippen LogP) is 3.54. The molecule has 0 fully saturated rings. The molecule has 140 valence electrons. The highest BCUT2D eigenvalue weighted by atomic mass is 127. The third-order valence-electron chi connectivity index (χ3n) is 3.71. The van der Waals surface area contributed by atoms with Crippen LogP contribution >= 0.6 is 35.3 Å². The molecule has 0 saturated carbocycles. The topological polar surface area (TPSA) is 58.5 Å². The Morgan fingerprint density at radius 2 is 1.92 bits per heavy atom. The van der Waals surface area contributed by atoms with Crippen LogP contribution < -0.4 is 10.6 Å². The lowest BCUT2D eigenvalue weighted by molar-refractivity contribution is 0.0258. The molecule has 0 bridgehead atoms. The van der Waals surface area contributed by atoms with Crippen LogP contribution in [0.25, 0.3) is 0 Å². The van der Waals surface area contributed by atoms with Crippen molar-refractivity contribution >= 4 is 41.3 Å². The van der Waals surface area contributed by atoms with Gasteiger partial charge >= 0.3 is 0 Å². The standard InChI is InChI=1S/C17H32N4OS.HI/c1-7-22-15(12(2)3)8-10-19-17(18-6)20-11-9-16-13(4)21-14(5)23-16;/h12,15H,7-11H2,1-6H3,(H2,18,19,20);1H. The summed E-state index contributed by atoms with van der Waals surface area (Å²) in [6, 6.07) is 0. The van der Waals surface area contributed by atoms with E-state index in [2.05, 4.69) is 48.3 Å². The summed E-state index contributed by atoms with van der Waals surface area (Å²) in [4.78, 5) is 10.1. The fraction of sp³-hybridized carbons (Fsp3) is 0.765. The molecule has 0 spiro atoms. The summed E-state index contributed by atoms with van der Waals surface area (Å²) in [5, 5.41) is 7.87. The molecule has 0 saturated heterocycles. The Morgan fingerprint density at radius 3 is 2.42 bits per heavy atom. The minimum atomic E-state index is 0. The summed E-state index contributed by atoms with van der Waals surface area (Å²) in [5.74, 6) is 1.38. The summed E-state index contributed by atoms with van der Waals surface area (Å²) in [6.45, 7) is 13.1. The maximum atomic E-state index is 5.77. The van der Waals surface area contributed by atoms with Crippen LogP contribution in [-0.4, -0.2) is 43.8 Å². The number of nitrogens with zero attached hydrogens (tertiary/aromatic N) is 2. The second kappa shape index (κ2) is 12.9. The van der Waals surface area contributed by atoms with Gasteiger partial charge in [-0.05, 0) is 33.1 Å². The zero-order valence-electron chi connectivity index (χ0n) is 15.8. The molecular formula is C17H33IN4OS. The SMILES string of the molecule is CCOC(CCNC(=NC)NCCc1sc(C)nc1C)C(C)C.I. The van der Waals surface area contributed by atoms with E-state index >= 15 is 0 Å². The van der Waals surface area contributed by atoms with E-state index in [1.807, 2.05) is 6.92 Å². The van der Waals surface area contributed by atoms with Crippen LogP contribution in [0.1, 0.15) is 42.8 Å². The minimum Gasteiger partial charge on any atom is -0.378 e. The third-order valence-corrected chi connectivity index (χ3v) is 4.85. The number of halogens is 1. The van der Waals surface area contributed by atoms with E-state index in [1.54, 1.807) is 18.4 Å². The van der Waals surface area contributed by atoms with E-state index in [4.69, 9.17) is 4.74 Å². The molecule has 1 heterocycles. The van der Waals surface area contributed by atoms with Crippen molar-refractivity contribution in [1.82, 2.24) is 15.6 Å². The van der Waals surface area contributed by atoms with Crippen molar-refractivity contribution in [3.05, 3.63) is 15.6 Å². The summed E-state index contributed by atoms with van der Waals surface area (Å²) < 4.78 is 5.77. The van der Waals surface area contributed by atoms with Crippen LogP contribution in [0.2, 0.25) is 0 Å². The van der Waals surface area contributed by atoms with Gasteiger partial charge in [-0.3, -0.25) is 4.99 Å². The first kappa shape index (κ1) is 23.6. The van der Waals surface area contributed by atoms with Crippen molar-refractivity contribution < 1.29 is 4.74 Å². The fourth-order valence-corrected chi connectivity index (χ4v) is 3.41. The van der Waals surface area contributed by atoms with Gasteiger partial charge in [0.25, 0.3) is 0 Å². The Bertz CT molecular complexity index is 491. The maximum Gasteiger partial charge on any atom is 0.190 e. The Kier molecular flexibility index (Phi) is 12.7. The molecule has 1 aromatic rings. The zero-order chi connectivity index (χ0) is 17.2. The highest BCUT2D eigenvalue weighted by molar-refractivity contribution is 14.0. The molecule has 0 aliphatic rings. The van der Waals surface area contributed by atoms with Crippen molar-refractivity contribution in [3.8, 4) is 0 Å². The number of nitrogens with one attached hydrogen (secondary N) is 2. The Labute approximate surface area is 168 Å². The van der Waals surface area contributed by atoms with Gasteiger partial charge in [0.2, 0.25) is 0 Å².